The lowest BCUT2D eigenvalue weighted by Crippen LogP contribution is -2.31. The van der Waals surface area contributed by atoms with Crippen LogP contribution in [-0.2, 0) is 4.79 Å². The van der Waals surface area contributed by atoms with Crippen molar-refractivity contribution in [2.75, 3.05) is 0 Å². The highest BCUT2D eigenvalue weighted by molar-refractivity contribution is 5.54. The van der Waals surface area contributed by atoms with E-state index in [4.69, 9.17) is 0 Å². The van der Waals surface area contributed by atoms with Crippen LogP contribution in [0.3, 0.4) is 0 Å². The van der Waals surface area contributed by atoms with Gasteiger partial charge in [0.15, 0.2) is 0 Å². The van der Waals surface area contributed by atoms with E-state index in [0.29, 0.717) is 19.1 Å². The number of hydrogen-bond donors (Lipinski definition) is 0. The van der Waals surface area contributed by atoms with E-state index in [1.165, 1.54) is 0 Å². The second-order valence-corrected chi connectivity index (χ2v) is 2.69. The summed E-state index contributed by atoms with van der Waals surface area (Å²) in [6.45, 7) is 0. The van der Waals surface area contributed by atoms with Crippen molar-refractivity contribution in [2.45, 2.75) is 31.6 Å². The number of alkyl halides is 2. The third-order valence-electron chi connectivity index (χ3n) is 1.95. The number of hydrogen-bond acceptors (Lipinski definition) is 1. The Balaban J connectivity index is 2.50. The van der Waals surface area contributed by atoms with Gasteiger partial charge in [0, 0.05) is 5.92 Å². The molecule has 10 heavy (non-hydrogen) atoms. The predicted molar refractivity (Wildman–Crippen MR) is 33.2 cm³/mol. The van der Waals surface area contributed by atoms with Gasteiger partial charge in [-0.15, -0.1) is 0 Å². The molecule has 58 valence electrons. The van der Waals surface area contributed by atoms with E-state index in [-0.39, 0.29) is 6.42 Å². The minimum atomic E-state index is -1.55. The molecule has 0 spiro atoms. The normalized spacial score (nSPS) is 41.2. The van der Waals surface area contributed by atoms with Crippen LogP contribution in [-0.4, -0.2) is 18.6 Å². The van der Waals surface area contributed by atoms with E-state index in [1.54, 1.807) is 0 Å². The maximum Gasteiger partial charge on any atom is 0.141 e. The number of carbonyl (C=O) groups excluding carboxylic acids is 1. The lowest BCUT2D eigenvalue weighted by molar-refractivity contribution is -0.115. The Morgan fingerprint density at radius 2 is 2.00 bits per heavy atom. The van der Waals surface area contributed by atoms with Gasteiger partial charge in [-0.05, 0) is 19.3 Å². The average molecular weight is 148 g/mol. The number of halogens is 2. The quantitative estimate of drug-likeness (QED) is 0.517. The molecule has 0 heterocycles. The Kier molecular flexibility index (Phi) is 2.35. The molecule has 0 aromatic heterocycles. The molecule has 1 aliphatic carbocycles. The fraction of sp³-hybridized carbons (Fsp3) is 0.857. The lowest BCUT2D eigenvalue weighted by atomic mass is 9.87. The molecule has 1 rings (SSSR count). The number of rotatable bonds is 1. The molecule has 1 fully saturated rings. The first-order valence-corrected chi connectivity index (χ1v) is 3.49. The summed E-state index contributed by atoms with van der Waals surface area (Å²) in [5.74, 6) is -0.691. The molecule has 3 unspecified atom stereocenters. The fourth-order valence-electron chi connectivity index (χ4n) is 1.28. The Morgan fingerprint density at radius 1 is 1.30 bits per heavy atom. The van der Waals surface area contributed by atoms with Crippen molar-refractivity contribution in [3.05, 3.63) is 0 Å². The summed E-state index contributed by atoms with van der Waals surface area (Å²) in [5.41, 5.74) is 0. The summed E-state index contributed by atoms with van der Waals surface area (Å²) in [6, 6.07) is 0. The summed E-state index contributed by atoms with van der Waals surface area (Å²) < 4.78 is 25.1. The molecule has 3 atom stereocenters. The van der Waals surface area contributed by atoms with E-state index >= 15 is 0 Å². The van der Waals surface area contributed by atoms with Crippen LogP contribution in [0.2, 0.25) is 0 Å². The van der Waals surface area contributed by atoms with Gasteiger partial charge in [-0.1, -0.05) is 0 Å². The lowest BCUT2D eigenvalue weighted by Gasteiger charge is -2.24. The Labute approximate surface area is 58.4 Å². The molecule has 0 N–H and O–H groups in total. The molecular weight excluding hydrogens is 138 g/mol. The van der Waals surface area contributed by atoms with Crippen molar-refractivity contribution in [1.82, 2.24) is 0 Å². The highest BCUT2D eigenvalue weighted by atomic mass is 19.2. The minimum absolute atomic E-state index is 0.269. The molecule has 0 aromatic carbocycles. The van der Waals surface area contributed by atoms with Gasteiger partial charge < -0.3 is 4.79 Å². The van der Waals surface area contributed by atoms with E-state index in [2.05, 4.69) is 0 Å². The largest absolute Gasteiger partial charge is 0.303 e. The van der Waals surface area contributed by atoms with Gasteiger partial charge in [0.25, 0.3) is 0 Å². The molecule has 0 saturated heterocycles. The number of aldehydes is 1. The van der Waals surface area contributed by atoms with Gasteiger partial charge in [0.1, 0.15) is 18.6 Å². The van der Waals surface area contributed by atoms with Crippen LogP contribution in [0.25, 0.3) is 0 Å². The third-order valence-corrected chi connectivity index (χ3v) is 1.95. The Hall–Kier alpha value is -0.470. The highest BCUT2D eigenvalue weighted by Crippen LogP contribution is 2.27. The standard InChI is InChI=1S/C7H10F2O/c8-6-3-1-2-5(4-10)7(6)9/h4-7H,1-3H2. The van der Waals surface area contributed by atoms with Gasteiger partial charge in [-0.3, -0.25) is 0 Å². The van der Waals surface area contributed by atoms with Gasteiger partial charge in [0.05, 0.1) is 0 Å². The summed E-state index contributed by atoms with van der Waals surface area (Å²) in [5, 5.41) is 0. The first-order valence-electron chi connectivity index (χ1n) is 3.49. The summed E-state index contributed by atoms with van der Waals surface area (Å²) >= 11 is 0. The average Bonchev–Trinajstić information content (AvgIpc) is 1.95. The van der Waals surface area contributed by atoms with Gasteiger partial charge in [-0.2, -0.15) is 0 Å². The van der Waals surface area contributed by atoms with Gasteiger partial charge >= 0.3 is 0 Å². The summed E-state index contributed by atoms with van der Waals surface area (Å²) in [6.07, 6.45) is -1.03. The van der Waals surface area contributed by atoms with Crippen molar-refractivity contribution in [1.29, 1.82) is 0 Å². The maximum absolute atomic E-state index is 12.6. The molecule has 0 aliphatic heterocycles. The van der Waals surface area contributed by atoms with E-state index in [1.807, 2.05) is 0 Å². The fourth-order valence-corrected chi connectivity index (χ4v) is 1.28. The summed E-state index contributed by atoms with van der Waals surface area (Å²) in [4.78, 5) is 10.1. The maximum atomic E-state index is 12.6. The summed E-state index contributed by atoms with van der Waals surface area (Å²) in [7, 11) is 0. The highest BCUT2D eigenvalue weighted by Gasteiger charge is 2.32. The molecule has 0 amide bonds. The van der Waals surface area contributed by atoms with Crippen molar-refractivity contribution in [3.8, 4) is 0 Å². The predicted octanol–water partition coefficient (Wildman–Crippen LogP) is 1.66. The molecular formula is C7H10F2O. The van der Waals surface area contributed by atoms with Gasteiger partial charge in [0.2, 0.25) is 0 Å². The molecule has 3 heteroatoms. The van der Waals surface area contributed by atoms with Crippen molar-refractivity contribution in [2.24, 2.45) is 5.92 Å². The first-order chi connectivity index (χ1) is 4.75. The van der Waals surface area contributed by atoms with E-state index < -0.39 is 18.3 Å². The minimum Gasteiger partial charge on any atom is -0.303 e. The van der Waals surface area contributed by atoms with Crippen molar-refractivity contribution < 1.29 is 13.6 Å². The van der Waals surface area contributed by atoms with Crippen LogP contribution in [0.15, 0.2) is 0 Å². The Bertz CT molecular complexity index is 127. The second-order valence-electron chi connectivity index (χ2n) is 2.69. The smallest absolute Gasteiger partial charge is 0.141 e. The van der Waals surface area contributed by atoms with Crippen LogP contribution < -0.4 is 0 Å². The van der Waals surface area contributed by atoms with Crippen molar-refractivity contribution >= 4 is 6.29 Å². The van der Waals surface area contributed by atoms with Crippen LogP contribution in [0.4, 0.5) is 8.78 Å². The molecule has 1 saturated carbocycles. The van der Waals surface area contributed by atoms with E-state index in [9.17, 15) is 13.6 Å². The second kappa shape index (κ2) is 3.08. The first kappa shape index (κ1) is 7.63. The molecule has 0 radical (unpaired) electrons. The SMILES string of the molecule is O=CC1CCCC(F)C1F. The molecule has 0 bridgehead atoms. The molecule has 0 aromatic rings. The van der Waals surface area contributed by atoms with Gasteiger partial charge in [-0.25, -0.2) is 8.78 Å². The van der Waals surface area contributed by atoms with Crippen molar-refractivity contribution in [3.63, 3.8) is 0 Å². The van der Waals surface area contributed by atoms with Crippen LogP contribution in [0.1, 0.15) is 19.3 Å². The monoisotopic (exact) mass is 148 g/mol. The zero-order chi connectivity index (χ0) is 7.56. The third kappa shape index (κ3) is 1.33. The molecule has 1 aliphatic rings. The Morgan fingerprint density at radius 3 is 2.50 bits per heavy atom. The molecule has 1 nitrogen and oxygen atoms in total. The number of carbonyl (C=O) groups is 1. The topological polar surface area (TPSA) is 17.1 Å². The zero-order valence-electron chi connectivity index (χ0n) is 5.59. The van der Waals surface area contributed by atoms with E-state index in [0.717, 1.165) is 0 Å². The van der Waals surface area contributed by atoms with Crippen LogP contribution >= 0.6 is 0 Å². The zero-order valence-corrected chi connectivity index (χ0v) is 5.59. The van der Waals surface area contributed by atoms with Crippen LogP contribution in [0, 0.1) is 5.92 Å². The van der Waals surface area contributed by atoms with Crippen LogP contribution in [0.5, 0.6) is 0 Å².